The van der Waals surface area contributed by atoms with Gasteiger partial charge in [-0.2, -0.15) is 0 Å². The summed E-state index contributed by atoms with van der Waals surface area (Å²) in [4.78, 5) is 16.3. The molecule has 0 spiro atoms. The summed E-state index contributed by atoms with van der Waals surface area (Å²) in [6, 6.07) is 3.87. The average molecular weight is 291 g/mol. The number of hydrogen-bond acceptors (Lipinski definition) is 3. The number of amides is 1. The number of rotatable bonds is 9. The van der Waals surface area contributed by atoms with Crippen molar-refractivity contribution in [1.82, 2.24) is 10.3 Å². The lowest BCUT2D eigenvalue weighted by atomic mass is 10.0. The molecule has 1 heterocycles. The fourth-order valence-electron chi connectivity index (χ4n) is 2.10. The minimum atomic E-state index is -0.0888. The maximum absolute atomic E-state index is 12.1. The lowest BCUT2D eigenvalue weighted by Gasteiger charge is -2.14. The Labute approximate surface area is 128 Å². The first-order chi connectivity index (χ1) is 10.0. The van der Waals surface area contributed by atoms with Gasteiger partial charge in [0.1, 0.15) is 5.69 Å². The second-order valence-corrected chi connectivity index (χ2v) is 6.06. The molecule has 1 aromatic heterocycles. The number of nitrogens with zero attached hydrogens (tertiary/aromatic N) is 1. The van der Waals surface area contributed by atoms with E-state index in [-0.39, 0.29) is 11.9 Å². The summed E-state index contributed by atoms with van der Waals surface area (Å²) in [5, 5.41) is 6.26. The van der Waals surface area contributed by atoms with Gasteiger partial charge >= 0.3 is 0 Å². The Balaban J connectivity index is 2.40. The van der Waals surface area contributed by atoms with Crippen LogP contribution in [0.1, 0.15) is 63.9 Å². The Kier molecular flexibility index (Phi) is 7.80. The lowest BCUT2D eigenvalue weighted by Crippen LogP contribution is -2.33. The largest absolute Gasteiger partial charge is 0.384 e. The minimum Gasteiger partial charge on any atom is -0.384 e. The van der Waals surface area contributed by atoms with Gasteiger partial charge in [0.25, 0.3) is 5.91 Å². The zero-order valence-corrected chi connectivity index (χ0v) is 13.8. The molecule has 0 aromatic carbocycles. The van der Waals surface area contributed by atoms with E-state index in [1.807, 2.05) is 6.07 Å². The molecular weight excluding hydrogens is 262 g/mol. The first-order valence-corrected chi connectivity index (χ1v) is 8.03. The summed E-state index contributed by atoms with van der Waals surface area (Å²) in [5.74, 6) is 0.631. The molecule has 1 unspecified atom stereocenters. The normalized spacial score (nSPS) is 12.2. The van der Waals surface area contributed by atoms with Gasteiger partial charge in [-0.15, -0.1) is 0 Å². The minimum absolute atomic E-state index is 0.0888. The highest BCUT2D eigenvalue weighted by Crippen LogP contribution is 2.09. The van der Waals surface area contributed by atoms with Crippen molar-refractivity contribution < 1.29 is 4.79 Å². The molecule has 0 fully saturated rings. The molecule has 118 valence electrons. The quantitative estimate of drug-likeness (QED) is 0.726. The highest BCUT2D eigenvalue weighted by atomic mass is 16.1. The standard InChI is InChI=1S/C17H29N3O/c1-5-11-18-15-9-10-16(19-12-15)17(21)20-14(4)8-6-7-13(2)3/h9-10,12-14,18H,5-8,11H2,1-4H3,(H,20,21). The van der Waals surface area contributed by atoms with Crippen molar-refractivity contribution in [3.05, 3.63) is 24.0 Å². The van der Waals surface area contributed by atoms with E-state index in [1.54, 1.807) is 12.3 Å². The van der Waals surface area contributed by atoms with Crippen LogP contribution in [0.15, 0.2) is 18.3 Å². The molecule has 0 bridgehead atoms. The smallest absolute Gasteiger partial charge is 0.270 e. The predicted octanol–water partition coefficient (Wildman–Crippen LogP) is 3.85. The van der Waals surface area contributed by atoms with E-state index in [4.69, 9.17) is 0 Å². The van der Waals surface area contributed by atoms with E-state index in [1.165, 1.54) is 6.42 Å². The maximum atomic E-state index is 12.1. The molecule has 1 amide bonds. The number of carbonyl (C=O) groups excluding carboxylic acids is 1. The fourth-order valence-corrected chi connectivity index (χ4v) is 2.10. The third kappa shape index (κ3) is 7.11. The van der Waals surface area contributed by atoms with Crippen molar-refractivity contribution in [2.45, 2.75) is 59.4 Å². The fraction of sp³-hybridized carbons (Fsp3) is 0.647. The monoisotopic (exact) mass is 291 g/mol. The van der Waals surface area contributed by atoms with Crippen LogP contribution in [0.5, 0.6) is 0 Å². The molecule has 4 nitrogen and oxygen atoms in total. The van der Waals surface area contributed by atoms with Crippen LogP contribution in [0.2, 0.25) is 0 Å². The van der Waals surface area contributed by atoms with Crippen LogP contribution in [0.4, 0.5) is 5.69 Å². The zero-order valence-electron chi connectivity index (χ0n) is 13.8. The van der Waals surface area contributed by atoms with Gasteiger partial charge in [0, 0.05) is 12.6 Å². The Morgan fingerprint density at radius 1 is 1.24 bits per heavy atom. The third-order valence-corrected chi connectivity index (χ3v) is 3.37. The van der Waals surface area contributed by atoms with Gasteiger partial charge in [-0.05, 0) is 37.8 Å². The van der Waals surface area contributed by atoms with Crippen LogP contribution in [0, 0.1) is 5.92 Å². The summed E-state index contributed by atoms with van der Waals surface area (Å²) in [7, 11) is 0. The van der Waals surface area contributed by atoms with E-state index in [0.29, 0.717) is 5.69 Å². The average Bonchev–Trinajstić information content (AvgIpc) is 2.45. The van der Waals surface area contributed by atoms with Crippen LogP contribution >= 0.6 is 0 Å². The van der Waals surface area contributed by atoms with Crippen LogP contribution in [-0.2, 0) is 0 Å². The lowest BCUT2D eigenvalue weighted by molar-refractivity contribution is 0.0933. The van der Waals surface area contributed by atoms with Gasteiger partial charge in [0.2, 0.25) is 0 Å². The topological polar surface area (TPSA) is 54.0 Å². The molecule has 0 saturated heterocycles. The zero-order chi connectivity index (χ0) is 15.7. The van der Waals surface area contributed by atoms with Crippen molar-refractivity contribution in [3.63, 3.8) is 0 Å². The Hall–Kier alpha value is -1.58. The summed E-state index contributed by atoms with van der Waals surface area (Å²) < 4.78 is 0. The molecular formula is C17H29N3O. The number of nitrogens with one attached hydrogen (secondary N) is 2. The van der Waals surface area contributed by atoms with Crippen LogP contribution in [0.3, 0.4) is 0 Å². The Morgan fingerprint density at radius 3 is 2.57 bits per heavy atom. The maximum Gasteiger partial charge on any atom is 0.270 e. The van der Waals surface area contributed by atoms with Crippen molar-refractivity contribution in [3.8, 4) is 0 Å². The molecule has 0 aliphatic rings. The summed E-state index contributed by atoms with van der Waals surface area (Å²) in [6.45, 7) is 9.53. The van der Waals surface area contributed by atoms with Gasteiger partial charge < -0.3 is 10.6 Å². The second-order valence-electron chi connectivity index (χ2n) is 6.06. The SMILES string of the molecule is CCCNc1ccc(C(=O)NC(C)CCCC(C)C)nc1. The molecule has 2 N–H and O–H groups in total. The molecule has 1 atom stereocenters. The van der Waals surface area contributed by atoms with Crippen LogP contribution < -0.4 is 10.6 Å². The first-order valence-electron chi connectivity index (χ1n) is 8.03. The summed E-state index contributed by atoms with van der Waals surface area (Å²) in [6.07, 6.45) is 6.15. The molecule has 21 heavy (non-hydrogen) atoms. The van der Waals surface area contributed by atoms with Crippen molar-refractivity contribution in [2.24, 2.45) is 5.92 Å². The van der Waals surface area contributed by atoms with Gasteiger partial charge in [-0.25, -0.2) is 4.98 Å². The van der Waals surface area contributed by atoms with Gasteiger partial charge in [-0.1, -0.05) is 33.6 Å². The van der Waals surface area contributed by atoms with E-state index < -0.39 is 0 Å². The second kappa shape index (κ2) is 9.37. The molecule has 0 aliphatic heterocycles. The number of hydrogen-bond donors (Lipinski definition) is 2. The Morgan fingerprint density at radius 2 is 2.00 bits per heavy atom. The van der Waals surface area contributed by atoms with E-state index in [2.05, 4.69) is 43.3 Å². The van der Waals surface area contributed by atoms with E-state index in [9.17, 15) is 4.79 Å². The predicted molar refractivity (Wildman–Crippen MR) is 88.6 cm³/mol. The van der Waals surface area contributed by atoms with Crippen molar-refractivity contribution in [1.29, 1.82) is 0 Å². The van der Waals surface area contributed by atoms with Gasteiger partial charge in [0.15, 0.2) is 0 Å². The number of anilines is 1. The number of pyridine rings is 1. The van der Waals surface area contributed by atoms with Gasteiger partial charge in [-0.3, -0.25) is 4.79 Å². The van der Waals surface area contributed by atoms with Crippen LogP contribution in [-0.4, -0.2) is 23.5 Å². The molecule has 1 aromatic rings. The first kappa shape index (κ1) is 17.5. The third-order valence-electron chi connectivity index (χ3n) is 3.37. The molecule has 4 heteroatoms. The number of aromatic nitrogens is 1. The highest BCUT2D eigenvalue weighted by molar-refractivity contribution is 5.92. The summed E-state index contributed by atoms with van der Waals surface area (Å²) in [5.41, 5.74) is 1.44. The van der Waals surface area contributed by atoms with Gasteiger partial charge in [0.05, 0.1) is 11.9 Å². The van der Waals surface area contributed by atoms with Crippen LogP contribution in [0.25, 0.3) is 0 Å². The molecule has 0 radical (unpaired) electrons. The highest BCUT2D eigenvalue weighted by Gasteiger charge is 2.11. The van der Waals surface area contributed by atoms with E-state index >= 15 is 0 Å². The van der Waals surface area contributed by atoms with Crippen molar-refractivity contribution in [2.75, 3.05) is 11.9 Å². The summed E-state index contributed by atoms with van der Waals surface area (Å²) >= 11 is 0. The Bertz CT molecular complexity index is 415. The molecule has 0 aliphatic carbocycles. The number of carbonyl (C=O) groups is 1. The van der Waals surface area contributed by atoms with Crippen molar-refractivity contribution >= 4 is 11.6 Å². The van der Waals surface area contributed by atoms with E-state index in [0.717, 1.165) is 37.4 Å². The molecule has 0 saturated carbocycles. The molecule has 1 rings (SSSR count).